The van der Waals surface area contributed by atoms with Crippen LogP contribution in [0.1, 0.15) is 23.3 Å². The van der Waals surface area contributed by atoms with Crippen molar-refractivity contribution in [2.24, 2.45) is 0 Å². The third-order valence-corrected chi connectivity index (χ3v) is 4.05. The van der Waals surface area contributed by atoms with Gasteiger partial charge in [0.05, 0.1) is 23.2 Å². The number of halogens is 1. The van der Waals surface area contributed by atoms with Gasteiger partial charge in [-0.2, -0.15) is 0 Å². The molecule has 5 heteroatoms. The molecule has 0 unspecified atom stereocenters. The highest BCUT2D eigenvalue weighted by atomic mass is 35.5. The number of aromatic nitrogens is 1. The van der Waals surface area contributed by atoms with Crippen LogP contribution in [0.25, 0.3) is 10.9 Å². The molecule has 1 aliphatic rings. The van der Waals surface area contributed by atoms with Crippen molar-refractivity contribution >= 4 is 28.4 Å². The molecule has 1 N–H and O–H groups in total. The lowest BCUT2D eigenvalue weighted by Gasteiger charge is -2.22. The Morgan fingerprint density at radius 2 is 2.25 bits per heavy atom. The van der Waals surface area contributed by atoms with E-state index in [1.54, 1.807) is 11.0 Å². The molecule has 2 heterocycles. The highest BCUT2D eigenvalue weighted by molar-refractivity contribution is 6.35. The lowest BCUT2D eigenvalue weighted by molar-refractivity contribution is 0.0672. The molecule has 20 heavy (non-hydrogen) atoms. The summed E-state index contributed by atoms with van der Waals surface area (Å²) in [5, 5.41) is 10.7. The summed E-state index contributed by atoms with van der Waals surface area (Å²) in [6, 6.07) is 8.98. The number of fused-ring (bicyclic) bond motifs is 1. The quantitative estimate of drug-likeness (QED) is 0.924. The zero-order valence-electron chi connectivity index (χ0n) is 10.9. The van der Waals surface area contributed by atoms with Crippen molar-refractivity contribution in [2.45, 2.75) is 18.9 Å². The van der Waals surface area contributed by atoms with Crippen LogP contribution in [0.15, 0.2) is 30.3 Å². The van der Waals surface area contributed by atoms with Gasteiger partial charge in [0.1, 0.15) is 5.69 Å². The topological polar surface area (TPSA) is 53.4 Å². The van der Waals surface area contributed by atoms with Crippen molar-refractivity contribution in [1.82, 2.24) is 9.88 Å². The minimum Gasteiger partial charge on any atom is -0.394 e. The molecule has 1 atom stereocenters. The van der Waals surface area contributed by atoms with Gasteiger partial charge in [0.2, 0.25) is 0 Å². The van der Waals surface area contributed by atoms with Gasteiger partial charge in [-0.3, -0.25) is 4.79 Å². The van der Waals surface area contributed by atoms with E-state index in [0.29, 0.717) is 22.8 Å². The van der Waals surface area contributed by atoms with Crippen LogP contribution in [0.4, 0.5) is 0 Å². The van der Waals surface area contributed by atoms with Crippen molar-refractivity contribution in [2.75, 3.05) is 13.2 Å². The molecular formula is C15H15ClN2O2. The number of carbonyl (C=O) groups is 1. The van der Waals surface area contributed by atoms with Crippen LogP contribution in [0.2, 0.25) is 5.02 Å². The van der Waals surface area contributed by atoms with Crippen LogP contribution >= 0.6 is 11.6 Å². The van der Waals surface area contributed by atoms with E-state index in [-0.39, 0.29) is 18.6 Å². The summed E-state index contributed by atoms with van der Waals surface area (Å²) in [6.45, 7) is 0.656. The Labute approximate surface area is 122 Å². The van der Waals surface area contributed by atoms with Gasteiger partial charge >= 0.3 is 0 Å². The molecule has 2 aromatic rings. The van der Waals surface area contributed by atoms with E-state index in [1.807, 2.05) is 24.3 Å². The number of hydrogen-bond donors (Lipinski definition) is 1. The fourth-order valence-electron chi connectivity index (χ4n) is 2.68. The first-order chi connectivity index (χ1) is 9.70. The number of likely N-dealkylation sites (tertiary alicyclic amines) is 1. The van der Waals surface area contributed by atoms with Crippen LogP contribution < -0.4 is 0 Å². The van der Waals surface area contributed by atoms with Gasteiger partial charge in [0.15, 0.2) is 0 Å². The second-order valence-corrected chi connectivity index (χ2v) is 5.39. The van der Waals surface area contributed by atoms with Crippen LogP contribution in [-0.2, 0) is 0 Å². The molecule has 104 valence electrons. The first kappa shape index (κ1) is 13.3. The Morgan fingerprint density at radius 3 is 3.05 bits per heavy atom. The number of pyridine rings is 1. The van der Waals surface area contributed by atoms with Crippen LogP contribution in [0.3, 0.4) is 0 Å². The van der Waals surface area contributed by atoms with Gasteiger partial charge in [0.25, 0.3) is 5.91 Å². The average molecular weight is 291 g/mol. The molecule has 1 fully saturated rings. The molecular weight excluding hydrogens is 276 g/mol. The molecule has 3 rings (SSSR count). The molecule has 0 radical (unpaired) electrons. The number of rotatable bonds is 2. The van der Waals surface area contributed by atoms with Crippen LogP contribution in [0.5, 0.6) is 0 Å². The number of para-hydroxylation sites is 1. The molecule has 0 aliphatic carbocycles. The first-order valence-corrected chi connectivity index (χ1v) is 7.05. The molecule has 1 saturated heterocycles. The van der Waals surface area contributed by atoms with E-state index < -0.39 is 0 Å². The van der Waals surface area contributed by atoms with Crippen molar-refractivity contribution in [3.05, 3.63) is 41.0 Å². The van der Waals surface area contributed by atoms with Crippen LogP contribution in [0, 0.1) is 0 Å². The fourth-order valence-corrected chi connectivity index (χ4v) is 2.95. The lowest BCUT2D eigenvalue weighted by Crippen LogP contribution is -2.38. The Kier molecular flexibility index (Phi) is 3.59. The Bertz CT molecular complexity index is 659. The molecule has 1 aliphatic heterocycles. The van der Waals surface area contributed by atoms with E-state index in [2.05, 4.69) is 4.98 Å². The van der Waals surface area contributed by atoms with E-state index in [1.165, 1.54) is 0 Å². The number of benzene rings is 1. The Balaban J connectivity index is 1.99. The molecule has 4 nitrogen and oxygen atoms in total. The van der Waals surface area contributed by atoms with E-state index >= 15 is 0 Å². The summed E-state index contributed by atoms with van der Waals surface area (Å²) in [4.78, 5) is 18.6. The minimum atomic E-state index is -0.158. The normalized spacial score (nSPS) is 18.7. The van der Waals surface area contributed by atoms with Gasteiger partial charge in [-0.25, -0.2) is 4.98 Å². The molecule has 1 aromatic carbocycles. The van der Waals surface area contributed by atoms with Gasteiger partial charge in [-0.05, 0) is 25.0 Å². The molecule has 1 aromatic heterocycles. The summed E-state index contributed by atoms with van der Waals surface area (Å²) in [6.07, 6.45) is 1.75. The van der Waals surface area contributed by atoms with Gasteiger partial charge < -0.3 is 10.0 Å². The maximum absolute atomic E-state index is 12.5. The summed E-state index contributed by atoms with van der Waals surface area (Å²) in [7, 11) is 0. The number of carbonyl (C=O) groups excluding carboxylic acids is 1. The number of amides is 1. The van der Waals surface area contributed by atoms with Crippen molar-refractivity contribution < 1.29 is 9.90 Å². The number of hydrogen-bond acceptors (Lipinski definition) is 3. The van der Waals surface area contributed by atoms with Crippen molar-refractivity contribution in [1.29, 1.82) is 0 Å². The van der Waals surface area contributed by atoms with Gasteiger partial charge in [-0.15, -0.1) is 0 Å². The maximum Gasteiger partial charge on any atom is 0.272 e. The van der Waals surface area contributed by atoms with Gasteiger partial charge in [0, 0.05) is 11.9 Å². The number of aliphatic hydroxyl groups excluding tert-OH is 1. The molecule has 0 bridgehead atoms. The van der Waals surface area contributed by atoms with E-state index in [4.69, 9.17) is 11.6 Å². The first-order valence-electron chi connectivity index (χ1n) is 6.68. The largest absolute Gasteiger partial charge is 0.394 e. The molecule has 1 amide bonds. The Morgan fingerprint density at radius 1 is 1.45 bits per heavy atom. The summed E-state index contributed by atoms with van der Waals surface area (Å²) in [5.41, 5.74) is 1.05. The predicted octanol–water partition coefficient (Wildman–Crippen LogP) is 2.49. The highest BCUT2D eigenvalue weighted by Crippen LogP contribution is 2.25. The molecule has 0 spiro atoms. The van der Waals surface area contributed by atoms with Crippen LogP contribution in [-0.4, -0.2) is 40.1 Å². The second-order valence-electron chi connectivity index (χ2n) is 4.98. The maximum atomic E-state index is 12.5. The summed E-state index contributed by atoms with van der Waals surface area (Å²) >= 11 is 6.22. The zero-order chi connectivity index (χ0) is 14.1. The number of nitrogens with zero attached hydrogens (tertiary/aromatic N) is 2. The van der Waals surface area contributed by atoms with Crippen molar-refractivity contribution in [3.8, 4) is 0 Å². The van der Waals surface area contributed by atoms with E-state index in [0.717, 1.165) is 18.2 Å². The summed E-state index contributed by atoms with van der Waals surface area (Å²) < 4.78 is 0. The Hall–Kier alpha value is -1.65. The standard InChI is InChI=1S/C15H15ClN2O2/c16-12-8-14(17-13-6-2-1-5-11(12)13)15(20)18-7-3-4-10(18)9-19/h1-2,5-6,8,10,19H,3-4,7,9H2/t10-/m0/s1. The zero-order valence-corrected chi connectivity index (χ0v) is 11.7. The average Bonchev–Trinajstić information content (AvgIpc) is 2.95. The number of aliphatic hydroxyl groups is 1. The van der Waals surface area contributed by atoms with E-state index in [9.17, 15) is 9.90 Å². The summed E-state index contributed by atoms with van der Waals surface area (Å²) in [5.74, 6) is -0.158. The smallest absolute Gasteiger partial charge is 0.272 e. The minimum absolute atomic E-state index is 0.00689. The predicted molar refractivity (Wildman–Crippen MR) is 77.9 cm³/mol. The third-order valence-electron chi connectivity index (χ3n) is 3.73. The van der Waals surface area contributed by atoms with Gasteiger partial charge in [-0.1, -0.05) is 29.8 Å². The molecule has 0 saturated carbocycles. The SMILES string of the molecule is O=C(c1cc(Cl)c2ccccc2n1)N1CCC[C@H]1CO. The monoisotopic (exact) mass is 290 g/mol. The lowest BCUT2D eigenvalue weighted by atomic mass is 10.2. The highest BCUT2D eigenvalue weighted by Gasteiger charge is 2.29. The third kappa shape index (κ3) is 2.25. The fraction of sp³-hybridized carbons (Fsp3) is 0.333. The van der Waals surface area contributed by atoms with Crippen molar-refractivity contribution in [3.63, 3.8) is 0 Å². The second kappa shape index (κ2) is 5.38.